The van der Waals surface area contributed by atoms with E-state index in [9.17, 15) is 4.79 Å². The Morgan fingerprint density at radius 3 is 2.74 bits per heavy atom. The van der Waals surface area contributed by atoms with E-state index in [2.05, 4.69) is 10.5 Å². The topological polar surface area (TPSA) is 55.1 Å². The van der Waals surface area contributed by atoms with E-state index in [0.717, 1.165) is 10.6 Å². The van der Waals surface area contributed by atoms with Gasteiger partial charge in [-0.05, 0) is 18.4 Å². The predicted octanol–water partition coefficient (Wildman–Crippen LogP) is 3.52. The Hall–Kier alpha value is -1.62. The lowest BCUT2D eigenvalue weighted by Crippen LogP contribution is -2.25. The summed E-state index contributed by atoms with van der Waals surface area (Å²) < 4.78 is 5.11. The van der Waals surface area contributed by atoms with Gasteiger partial charge in [-0.3, -0.25) is 4.79 Å². The van der Waals surface area contributed by atoms with Crippen LogP contribution in [-0.2, 0) is 5.41 Å². The molecule has 0 saturated heterocycles. The first-order chi connectivity index (χ1) is 8.88. The molecule has 0 spiro atoms. The fourth-order valence-electron chi connectivity index (χ4n) is 1.61. The van der Waals surface area contributed by atoms with Crippen molar-refractivity contribution in [1.29, 1.82) is 0 Å². The number of hydrogen-bond donors (Lipinski definition) is 1. The Morgan fingerprint density at radius 2 is 2.21 bits per heavy atom. The summed E-state index contributed by atoms with van der Waals surface area (Å²) in [7, 11) is 0. The van der Waals surface area contributed by atoms with Crippen LogP contribution in [0.1, 0.15) is 54.9 Å². The summed E-state index contributed by atoms with van der Waals surface area (Å²) in [6, 6.07) is 5.64. The van der Waals surface area contributed by atoms with Crippen LogP contribution in [0.5, 0.6) is 0 Å². The highest BCUT2D eigenvalue weighted by atomic mass is 32.1. The minimum Gasteiger partial charge on any atom is -0.351 e. The van der Waals surface area contributed by atoms with Crippen LogP contribution < -0.4 is 5.32 Å². The van der Waals surface area contributed by atoms with Gasteiger partial charge in [0.15, 0.2) is 0 Å². The maximum Gasteiger partial charge on any atom is 0.290 e. The van der Waals surface area contributed by atoms with Crippen molar-refractivity contribution in [1.82, 2.24) is 10.5 Å². The molecule has 0 bridgehead atoms. The SMILES string of the molecule is C[C@H](NC(=O)c1cc(C(C)(C)C)no1)c1cccs1. The number of carbonyl (C=O) groups excluding carboxylic acids is 1. The van der Waals surface area contributed by atoms with Crippen LogP contribution in [0.15, 0.2) is 28.1 Å². The lowest BCUT2D eigenvalue weighted by Gasteiger charge is -2.12. The molecule has 2 aromatic heterocycles. The highest BCUT2D eigenvalue weighted by Gasteiger charge is 2.22. The van der Waals surface area contributed by atoms with E-state index >= 15 is 0 Å². The van der Waals surface area contributed by atoms with E-state index in [4.69, 9.17) is 4.52 Å². The number of thiophene rings is 1. The summed E-state index contributed by atoms with van der Waals surface area (Å²) in [6.07, 6.45) is 0. The minimum atomic E-state index is -0.232. The van der Waals surface area contributed by atoms with E-state index in [0.29, 0.717) is 0 Å². The van der Waals surface area contributed by atoms with Crippen LogP contribution >= 0.6 is 11.3 Å². The molecule has 2 heterocycles. The predicted molar refractivity (Wildman–Crippen MR) is 75.4 cm³/mol. The van der Waals surface area contributed by atoms with E-state index < -0.39 is 0 Å². The summed E-state index contributed by atoms with van der Waals surface area (Å²) in [5, 5.41) is 8.84. The van der Waals surface area contributed by atoms with Gasteiger partial charge in [0, 0.05) is 16.4 Å². The van der Waals surface area contributed by atoms with Crippen molar-refractivity contribution < 1.29 is 9.32 Å². The number of aromatic nitrogens is 1. The van der Waals surface area contributed by atoms with Gasteiger partial charge < -0.3 is 9.84 Å². The van der Waals surface area contributed by atoms with E-state index in [1.807, 2.05) is 45.2 Å². The molecule has 0 radical (unpaired) electrons. The first-order valence-electron chi connectivity index (χ1n) is 6.19. The van der Waals surface area contributed by atoms with Gasteiger partial charge in [0.25, 0.3) is 5.91 Å². The largest absolute Gasteiger partial charge is 0.351 e. The summed E-state index contributed by atoms with van der Waals surface area (Å²) >= 11 is 1.62. The Kier molecular flexibility index (Phi) is 3.75. The van der Waals surface area contributed by atoms with Crippen LogP contribution in [-0.4, -0.2) is 11.1 Å². The molecule has 2 aromatic rings. The first kappa shape index (κ1) is 13.8. The summed E-state index contributed by atoms with van der Waals surface area (Å²) in [5.41, 5.74) is 0.655. The van der Waals surface area contributed by atoms with Crippen LogP contribution in [0.4, 0.5) is 0 Å². The van der Waals surface area contributed by atoms with Crippen molar-refractivity contribution in [2.45, 2.75) is 39.2 Å². The molecular weight excluding hydrogens is 260 g/mol. The monoisotopic (exact) mass is 278 g/mol. The molecule has 2 rings (SSSR count). The molecule has 0 aromatic carbocycles. The molecule has 19 heavy (non-hydrogen) atoms. The Bertz CT molecular complexity index is 552. The number of carbonyl (C=O) groups is 1. The number of nitrogens with one attached hydrogen (secondary N) is 1. The lowest BCUT2D eigenvalue weighted by molar-refractivity contribution is 0.0903. The normalized spacial score (nSPS) is 13.3. The van der Waals surface area contributed by atoms with Crippen molar-refractivity contribution >= 4 is 17.2 Å². The second-order valence-corrected chi connectivity index (χ2v) is 6.52. The van der Waals surface area contributed by atoms with Gasteiger partial charge in [0.05, 0.1) is 11.7 Å². The maximum atomic E-state index is 12.1. The van der Waals surface area contributed by atoms with E-state index in [-0.39, 0.29) is 23.1 Å². The van der Waals surface area contributed by atoms with Gasteiger partial charge in [-0.1, -0.05) is 32.0 Å². The fourth-order valence-corrected chi connectivity index (χ4v) is 2.35. The molecule has 1 N–H and O–H groups in total. The minimum absolute atomic E-state index is 0.0318. The highest BCUT2D eigenvalue weighted by molar-refractivity contribution is 7.10. The molecule has 0 aliphatic rings. The third-order valence-electron chi connectivity index (χ3n) is 2.82. The van der Waals surface area contributed by atoms with Gasteiger partial charge >= 0.3 is 0 Å². The Morgan fingerprint density at radius 1 is 1.47 bits per heavy atom. The molecule has 102 valence electrons. The first-order valence-corrected chi connectivity index (χ1v) is 7.07. The maximum absolute atomic E-state index is 12.1. The average Bonchev–Trinajstić information content (AvgIpc) is 3.00. The number of nitrogens with zero attached hydrogens (tertiary/aromatic N) is 1. The third kappa shape index (κ3) is 3.23. The molecule has 1 atom stereocenters. The van der Waals surface area contributed by atoms with Crippen molar-refractivity contribution in [3.8, 4) is 0 Å². The second-order valence-electron chi connectivity index (χ2n) is 5.54. The quantitative estimate of drug-likeness (QED) is 0.934. The van der Waals surface area contributed by atoms with Gasteiger partial charge in [0.1, 0.15) is 0 Å². The van der Waals surface area contributed by atoms with Crippen LogP contribution in [0.3, 0.4) is 0 Å². The molecule has 0 aliphatic heterocycles. The van der Waals surface area contributed by atoms with Gasteiger partial charge in [0.2, 0.25) is 5.76 Å². The molecule has 4 nitrogen and oxygen atoms in total. The molecule has 0 unspecified atom stereocenters. The highest BCUT2D eigenvalue weighted by Crippen LogP contribution is 2.22. The number of amides is 1. The van der Waals surface area contributed by atoms with Gasteiger partial charge in [-0.15, -0.1) is 11.3 Å². The summed E-state index contributed by atoms with van der Waals surface area (Å²) in [5.74, 6) is 0.0252. The summed E-state index contributed by atoms with van der Waals surface area (Å²) in [6.45, 7) is 8.03. The second kappa shape index (κ2) is 5.17. The van der Waals surface area contributed by atoms with Gasteiger partial charge in [-0.25, -0.2) is 0 Å². The zero-order chi connectivity index (χ0) is 14.0. The molecular formula is C14H18N2O2S. The molecule has 5 heteroatoms. The smallest absolute Gasteiger partial charge is 0.290 e. The third-order valence-corrected chi connectivity index (χ3v) is 3.87. The Labute approximate surface area is 116 Å². The molecule has 0 fully saturated rings. The van der Waals surface area contributed by atoms with Gasteiger partial charge in [-0.2, -0.15) is 0 Å². The number of rotatable bonds is 3. The molecule has 1 amide bonds. The van der Waals surface area contributed by atoms with Crippen LogP contribution in [0.2, 0.25) is 0 Å². The molecule has 0 aliphatic carbocycles. The van der Waals surface area contributed by atoms with Crippen molar-refractivity contribution in [2.24, 2.45) is 0 Å². The number of hydrogen-bond acceptors (Lipinski definition) is 4. The summed E-state index contributed by atoms with van der Waals surface area (Å²) in [4.78, 5) is 13.2. The fraction of sp³-hybridized carbons (Fsp3) is 0.429. The van der Waals surface area contributed by atoms with E-state index in [1.54, 1.807) is 17.4 Å². The van der Waals surface area contributed by atoms with Crippen molar-refractivity contribution in [3.63, 3.8) is 0 Å². The standard InChI is InChI=1S/C14H18N2O2S/c1-9(11-6-5-7-19-11)15-13(17)10-8-12(16-18-10)14(2,3)4/h5-9H,1-4H3,(H,15,17)/t9-/m0/s1. The lowest BCUT2D eigenvalue weighted by atomic mass is 9.92. The zero-order valence-corrected chi connectivity index (χ0v) is 12.4. The average molecular weight is 278 g/mol. The Balaban J connectivity index is 2.06. The zero-order valence-electron chi connectivity index (χ0n) is 11.6. The van der Waals surface area contributed by atoms with Crippen LogP contribution in [0, 0.1) is 0 Å². The van der Waals surface area contributed by atoms with Crippen molar-refractivity contribution in [2.75, 3.05) is 0 Å². The van der Waals surface area contributed by atoms with E-state index in [1.165, 1.54) is 0 Å². The molecule has 0 saturated carbocycles. The van der Waals surface area contributed by atoms with Crippen LogP contribution in [0.25, 0.3) is 0 Å². The van der Waals surface area contributed by atoms with Crippen molar-refractivity contribution in [3.05, 3.63) is 39.9 Å².